The van der Waals surface area contributed by atoms with Crippen LogP contribution in [-0.2, 0) is 0 Å². The largest absolute Gasteiger partial charge is 0.288 e. The lowest BCUT2D eigenvalue weighted by Crippen LogP contribution is -2.13. The molecule has 0 fully saturated rings. The quantitative estimate of drug-likeness (QED) is 0.632. The van der Waals surface area contributed by atoms with E-state index in [1.807, 2.05) is 0 Å². The molecule has 0 aliphatic heterocycles. The number of carbonyl (C=O) groups is 1. The van der Waals surface area contributed by atoms with E-state index in [0.29, 0.717) is 0 Å². The van der Waals surface area contributed by atoms with Crippen molar-refractivity contribution in [3.05, 3.63) is 38.9 Å². The molecule has 18 heavy (non-hydrogen) atoms. The number of benzene rings is 1. The predicted octanol–water partition coefficient (Wildman–Crippen LogP) is 1.01. The number of halogens is 1. The van der Waals surface area contributed by atoms with Crippen LogP contribution in [0.3, 0.4) is 0 Å². The van der Waals surface area contributed by atoms with Crippen LogP contribution in [-0.4, -0.2) is 31.5 Å². The van der Waals surface area contributed by atoms with E-state index >= 15 is 0 Å². The second kappa shape index (κ2) is 4.75. The molecule has 92 valence electrons. The average molecular weight is 269 g/mol. The van der Waals surface area contributed by atoms with Crippen LogP contribution in [0.5, 0.6) is 0 Å². The molecule has 1 aromatic heterocycles. The van der Waals surface area contributed by atoms with Crippen LogP contribution in [0.2, 0.25) is 5.02 Å². The molecule has 0 bridgehead atoms. The summed E-state index contributed by atoms with van der Waals surface area (Å²) in [6.07, 6.45) is 0. The number of aromatic nitrogens is 4. The minimum Gasteiger partial charge on any atom is -0.288 e. The molecule has 0 aliphatic carbocycles. The average Bonchev–Trinajstić information content (AvgIpc) is 2.81. The summed E-state index contributed by atoms with van der Waals surface area (Å²) in [5.74, 6) is -0.553. The Kier molecular flexibility index (Phi) is 3.15. The lowest BCUT2D eigenvalue weighted by Gasteiger charge is -2.01. The van der Waals surface area contributed by atoms with Crippen LogP contribution < -0.4 is 5.32 Å². The lowest BCUT2D eigenvalue weighted by atomic mass is 10.2. The molecule has 2 rings (SSSR count). The minimum atomic E-state index is -0.636. The summed E-state index contributed by atoms with van der Waals surface area (Å²) < 4.78 is 0. The van der Waals surface area contributed by atoms with Crippen LogP contribution in [0.15, 0.2) is 18.2 Å². The zero-order valence-electron chi connectivity index (χ0n) is 8.62. The number of nitro groups is 1. The molecular weight excluding hydrogens is 264 g/mol. The lowest BCUT2D eigenvalue weighted by molar-refractivity contribution is -0.384. The molecular formula is C8H5ClN6O3. The van der Waals surface area contributed by atoms with Gasteiger partial charge in [0.25, 0.3) is 17.5 Å². The monoisotopic (exact) mass is 268 g/mol. The Morgan fingerprint density at radius 3 is 2.83 bits per heavy atom. The van der Waals surface area contributed by atoms with E-state index in [9.17, 15) is 14.9 Å². The first-order valence-electron chi connectivity index (χ1n) is 4.56. The van der Waals surface area contributed by atoms with Gasteiger partial charge in [0.1, 0.15) is 5.02 Å². The van der Waals surface area contributed by atoms with Crippen LogP contribution >= 0.6 is 11.6 Å². The number of carbonyl (C=O) groups excluding carboxylic acids is 1. The van der Waals surface area contributed by atoms with E-state index in [2.05, 4.69) is 25.9 Å². The van der Waals surface area contributed by atoms with Gasteiger partial charge in [0, 0.05) is 11.6 Å². The van der Waals surface area contributed by atoms with Crippen LogP contribution in [0, 0.1) is 10.1 Å². The van der Waals surface area contributed by atoms with Gasteiger partial charge in [-0.25, -0.2) is 0 Å². The molecule has 0 atom stereocenters. The number of nitrogens with one attached hydrogen (secondary N) is 2. The van der Waals surface area contributed by atoms with Crippen molar-refractivity contribution in [1.29, 1.82) is 0 Å². The number of hydrogen-bond acceptors (Lipinski definition) is 6. The highest BCUT2D eigenvalue weighted by molar-refractivity contribution is 6.33. The van der Waals surface area contributed by atoms with E-state index in [0.717, 1.165) is 6.07 Å². The maximum Gasteiger partial charge on any atom is 0.287 e. The van der Waals surface area contributed by atoms with Crippen LogP contribution in [0.1, 0.15) is 10.4 Å². The summed E-state index contributed by atoms with van der Waals surface area (Å²) in [4.78, 5) is 21.6. The number of H-pyrrole nitrogens is 1. The van der Waals surface area contributed by atoms with Gasteiger partial charge in [-0.1, -0.05) is 16.7 Å². The fourth-order valence-electron chi connectivity index (χ4n) is 1.18. The first-order chi connectivity index (χ1) is 8.58. The van der Waals surface area contributed by atoms with Crippen molar-refractivity contribution in [2.75, 3.05) is 5.32 Å². The Labute approximate surface area is 104 Å². The number of nitro benzene ring substituents is 1. The molecule has 9 nitrogen and oxygen atoms in total. The predicted molar refractivity (Wildman–Crippen MR) is 60.2 cm³/mol. The molecule has 0 spiro atoms. The maximum absolute atomic E-state index is 11.7. The normalized spacial score (nSPS) is 10.1. The molecule has 1 heterocycles. The van der Waals surface area contributed by atoms with Crippen molar-refractivity contribution in [1.82, 2.24) is 20.6 Å². The summed E-state index contributed by atoms with van der Waals surface area (Å²) in [5, 5.41) is 25.2. The standard InChI is InChI=1S/C8H5ClN6O3/c9-5-3-4(1-2-6(5)15(17)18)7(16)10-8-11-13-14-12-8/h1-3H,(H2,10,11,12,13,14,16). The number of nitrogens with zero attached hydrogens (tertiary/aromatic N) is 4. The Morgan fingerprint density at radius 2 is 2.28 bits per heavy atom. The highest BCUT2D eigenvalue weighted by atomic mass is 35.5. The summed E-state index contributed by atoms with van der Waals surface area (Å²) >= 11 is 5.68. The van der Waals surface area contributed by atoms with Crippen molar-refractivity contribution in [3.8, 4) is 0 Å². The summed E-state index contributed by atoms with van der Waals surface area (Å²) in [6, 6.07) is 3.61. The summed E-state index contributed by atoms with van der Waals surface area (Å²) in [7, 11) is 0. The van der Waals surface area contributed by atoms with Gasteiger partial charge in [-0.3, -0.25) is 20.2 Å². The zero-order chi connectivity index (χ0) is 13.1. The van der Waals surface area contributed by atoms with Gasteiger partial charge in [-0.05, 0) is 17.3 Å². The number of anilines is 1. The van der Waals surface area contributed by atoms with E-state index in [1.54, 1.807) is 0 Å². The van der Waals surface area contributed by atoms with Gasteiger partial charge in [0.15, 0.2) is 0 Å². The molecule has 0 aliphatic rings. The molecule has 1 aromatic carbocycles. The number of rotatable bonds is 3. The first-order valence-corrected chi connectivity index (χ1v) is 4.94. The second-order valence-corrected chi connectivity index (χ2v) is 3.52. The third kappa shape index (κ3) is 2.40. The third-order valence-corrected chi connectivity index (χ3v) is 2.28. The Balaban J connectivity index is 2.21. The molecule has 0 saturated heterocycles. The molecule has 2 aromatic rings. The van der Waals surface area contributed by atoms with E-state index in [-0.39, 0.29) is 22.2 Å². The molecule has 1 amide bonds. The Morgan fingerprint density at radius 1 is 1.50 bits per heavy atom. The second-order valence-electron chi connectivity index (χ2n) is 3.11. The molecule has 0 unspecified atom stereocenters. The first kappa shape index (κ1) is 11.9. The number of tetrazole rings is 1. The van der Waals surface area contributed by atoms with Gasteiger partial charge in [0.05, 0.1) is 4.92 Å². The molecule has 0 radical (unpaired) electrons. The number of hydrogen-bond donors (Lipinski definition) is 2. The smallest absolute Gasteiger partial charge is 0.287 e. The van der Waals surface area contributed by atoms with Crippen LogP contribution in [0.25, 0.3) is 0 Å². The number of amides is 1. The summed E-state index contributed by atoms with van der Waals surface area (Å²) in [5.41, 5.74) is -0.122. The van der Waals surface area contributed by atoms with Gasteiger partial charge in [-0.2, -0.15) is 5.21 Å². The fraction of sp³-hybridized carbons (Fsp3) is 0. The zero-order valence-corrected chi connectivity index (χ0v) is 9.38. The van der Waals surface area contributed by atoms with Crippen LogP contribution in [0.4, 0.5) is 11.6 Å². The van der Waals surface area contributed by atoms with Gasteiger partial charge in [0.2, 0.25) is 0 Å². The Bertz CT molecular complexity index is 599. The van der Waals surface area contributed by atoms with Gasteiger partial charge >= 0.3 is 0 Å². The van der Waals surface area contributed by atoms with E-state index in [1.165, 1.54) is 12.1 Å². The van der Waals surface area contributed by atoms with Gasteiger partial charge < -0.3 is 0 Å². The number of aromatic amines is 1. The Hall–Kier alpha value is -2.55. The molecule has 2 N–H and O–H groups in total. The highest BCUT2D eigenvalue weighted by Crippen LogP contribution is 2.25. The topological polar surface area (TPSA) is 127 Å². The minimum absolute atomic E-state index is 0.00512. The summed E-state index contributed by atoms with van der Waals surface area (Å²) in [6.45, 7) is 0. The maximum atomic E-state index is 11.7. The van der Waals surface area contributed by atoms with Crippen molar-refractivity contribution in [2.24, 2.45) is 0 Å². The third-order valence-electron chi connectivity index (χ3n) is 1.98. The SMILES string of the molecule is O=C(Nc1nn[nH]n1)c1ccc([N+](=O)[O-])c(Cl)c1. The van der Waals surface area contributed by atoms with E-state index < -0.39 is 10.8 Å². The van der Waals surface area contributed by atoms with Crippen molar-refractivity contribution in [3.63, 3.8) is 0 Å². The van der Waals surface area contributed by atoms with E-state index in [4.69, 9.17) is 11.6 Å². The molecule has 0 saturated carbocycles. The fourth-order valence-corrected chi connectivity index (χ4v) is 1.43. The molecule has 10 heteroatoms. The van der Waals surface area contributed by atoms with Crippen molar-refractivity contribution >= 4 is 29.1 Å². The van der Waals surface area contributed by atoms with Crippen molar-refractivity contribution in [2.45, 2.75) is 0 Å². The van der Waals surface area contributed by atoms with Gasteiger partial charge in [-0.15, -0.1) is 5.10 Å². The van der Waals surface area contributed by atoms with Crippen molar-refractivity contribution < 1.29 is 9.72 Å². The highest BCUT2D eigenvalue weighted by Gasteiger charge is 2.16.